The molecule has 0 unspecified atom stereocenters. The fourth-order valence-electron chi connectivity index (χ4n) is 1.77. The van der Waals surface area contributed by atoms with Gasteiger partial charge in [-0.2, -0.15) is 0 Å². The molecule has 0 aliphatic rings. The van der Waals surface area contributed by atoms with E-state index >= 15 is 0 Å². The van der Waals surface area contributed by atoms with Gasteiger partial charge in [-0.1, -0.05) is 26.0 Å². The van der Waals surface area contributed by atoms with Crippen molar-refractivity contribution in [3.05, 3.63) is 29.8 Å². The molecule has 0 saturated heterocycles. The van der Waals surface area contributed by atoms with Gasteiger partial charge in [0, 0.05) is 0 Å². The molecule has 1 aromatic carbocycles. The summed E-state index contributed by atoms with van der Waals surface area (Å²) in [6, 6.07) is 6.31. The summed E-state index contributed by atoms with van der Waals surface area (Å²) in [5.74, 6) is -0.599. The van der Waals surface area contributed by atoms with Crippen LogP contribution in [0.1, 0.15) is 37.0 Å². The van der Waals surface area contributed by atoms with E-state index in [0.717, 1.165) is 0 Å². The van der Waals surface area contributed by atoms with Gasteiger partial charge in [-0.05, 0) is 36.6 Å². The van der Waals surface area contributed by atoms with E-state index in [-0.39, 0.29) is 24.2 Å². The van der Waals surface area contributed by atoms with Crippen LogP contribution in [0.3, 0.4) is 0 Å². The van der Waals surface area contributed by atoms with Crippen LogP contribution in [-0.2, 0) is 9.59 Å². The Bertz CT molecular complexity index is 492. The molecule has 5 heteroatoms. The zero-order valence-corrected chi connectivity index (χ0v) is 11.6. The van der Waals surface area contributed by atoms with E-state index in [1.165, 1.54) is 12.1 Å². The second kappa shape index (κ2) is 6.48. The number of aldehydes is 1. The Morgan fingerprint density at radius 3 is 2.32 bits per heavy atom. The van der Waals surface area contributed by atoms with Crippen molar-refractivity contribution in [2.45, 2.75) is 26.7 Å². The maximum absolute atomic E-state index is 12.2. The van der Waals surface area contributed by atoms with E-state index in [2.05, 4.69) is 0 Å². The van der Waals surface area contributed by atoms with Gasteiger partial charge in [-0.25, -0.2) is 0 Å². The quantitative estimate of drug-likeness (QED) is 0.265. The molecule has 0 spiro atoms. The highest BCUT2D eigenvalue weighted by Gasteiger charge is 2.43. The number of halogens is 1. The molecule has 0 aromatic heterocycles. The van der Waals surface area contributed by atoms with Crippen molar-refractivity contribution in [1.82, 2.24) is 0 Å². The summed E-state index contributed by atoms with van der Waals surface area (Å²) in [7, 11) is 0. The van der Waals surface area contributed by atoms with Crippen molar-refractivity contribution in [3.63, 3.8) is 0 Å². The van der Waals surface area contributed by atoms with Crippen molar-refractivity contribution in [1.29, 1.82) is 0 Å². The van der Waals surface area contributed by atoms with Crippen LogP contribution < -0.4 is 4.74 Å². The number of benzene rings is 1. The SMILES string of the molecule is CCC(CC)(C(=O)Cl)C(=O)Oc1ccccc1C=O. The molecular formula is C14H15ClO4. The number of carbonyl (C=O) groups is 3. The summed E-state index contributed by atoms with van der Waals surface area (Å²) in [5, 5.41) is -0.744. The summed E-state index contributed by atoms with van der Waals surface area (Å²) in [6.07, 6.45) is 1.08. The summed E-state index contributed by atoms with van der Waals surface area (Å²) in [4.78, 5) is 34.5. The molecule has 0 N–H and O–H groups in total. The van der Waals surface area contributed by atoms with Crippen LogP contribution in [0, 0.1) is 5.41 Å². The van der Waals surface area contributed by atoms with Gasteiger partial charge < -0.3 is 4.74 Å². The van der Waals surface area contributed by atoms with Gasteiger partial charge in [0.1, 0.15) is 11.2 Å². The van der Waals surface area contributed by atoms with E-state index in [1.54, 1.807) is 26.0 Å². The van der Waals surface area contributed by atoms with Crippen LogP contribution in [0.4, 0.5) is 0 Å². The lowest BCUT2D eigenvalue weighted by Crippen LogP contribution is -2.39. The molecule has 19 heavy (non-hydrogen) atoms. The van der Waals surface area contributed by atoms with Gasteiger partial charge in [-0.15, -0.1) is 0 Å². The molecule has 0 aliphatic heterocycles. The highest BCUT2D eigenvalue weighted by Crippen LogP contribution is 2.32. The molecule has 1 rings (SSSR count). The average Bonchev–Trinajstić information content (AvgIpc) is 2.41. The average molecular weight is 283 g/mol. The monoisotopic (exact) mass is 282 g/mol. The molecule has 0 heterocycles. The lowest BCUT2D eigenvalue weighted by Gasteiger charge is -2.24. The molecule has 0 amide bonds. The third-order valence-electron chi connectivity index (χ3n) is 3.22. The van der Waals surface area contributed by atoms with Gasteiger partial charge in [0.15, 0.2) is 6.29 Å². The fraction of sp³-hybridized carbons (Fsp3) is 0.357. The van der Waals surface area contributed by atoms with Gasteiger partial charge in [-0.3, -0.25) is 14.4 Å². The van der Waals surface area contributed by atoms with Crippen molar-refractivity contribution in [2.24, 2.45) is 5.41 Å². The second-order valence-electron chi connectivity index (χ2n) is 4.11. The van der Waals surface area contributed by atoms with Crippen LogP contribution >= 0.6 is 11.6 Å². The Hall–Kier alpha value is -1.68. The predicted molar refractivity (Wildman–Crippen MR) is 71.3 cm³/mol. The summed E-state index contributed by atoms with van der Waals surface area (Å²) in [5.41, 5.74) is -1.11. The summed E-state index contributed by atoms with van der Waals surface area (Å²) >= 11 is 5.53. The Labute approximate surface area is 116 Å². The predicted octanol–water partition coefficient (Wildman–Crippen LogP) is 2.98. The summed E-state index contributed by atoms with van der Waals surface area (Å²) in [6.45, 7) is 3.38. The molecule has 0 fully saturated rings. The topological polar surface area (TPSA) is 60.4 Å². The number of esters is 1. The first kappa shape index (κ1) is 15.4. The number of hydrogen-bond donors (Lipinski definition) is 0. The zero-order valence-electron chi connectivity index (χ0n) is 10.8. The minimum absolute atomic E-state index is 0.131. The van der Waals surface area contributed by atoms with E-state index in [0.29, 0.717) is 6.29 Å². The summed E-state index contributed by atoms with van der Waals surface area (Å²) < 4.78 is 5.17. The molecule has 4 nitrogen and oxygen atoms in total. The van der Waals surface area contributed by atoms with Crippen molar-refractivity contribution < 1.29 is 19.1 Å². The van der Waals surface area contributed by atoms with Crippen molar-refractivity contribution in [3.8, 4) is 5.75 Å². The largest absolute Gasteiger partial charge is 0.425 e. The number of hydrogen-bond acceptors (Lipinski definition) is 4. The number of para-hydroxylation sites is 1. The number of ether oxygens (including phenoxy) is 1. The lowest BCUT2D eigenvalue weighted by molar-refractivity contribution is -0.150. The maximum atomic E-state index is 12.2. The Morgan fingerprint density at radius 1 is 1.26 bits per heavy atom. The standard InChI is InChI=1S/C14H15ClO4/c1-3-14(4-2,12(15)17)13(18)19-11-8-6-5-7-10(11)9-16/h5-9H,3-4H2,1-2H3. The second-order valence-corrected chi connectivity index (χ2v) is 4.45. The minimum atomic E-state index is -1.36. The zero-order chi connectivity index (χ0) is 14.5. The fourth-order valence-corrected chi connectivity index (χ4v) is 2.11. The maximum Gasteiger partial charge on any atom is 0.326 e. The van der Waals surface area contributed by atoms with Crippen molar-refractivity contribution >= 4 is 29.1 Å². The van der Waals surface area contributed by atoms with Crippen LogP contribution in [0.5, 0.6) is 5.75 Å². The van der Waals surface area contributed by atoms with Gasteiger partial charge >= 0.3 is 5.97 Å². The minimum Gasteiger partial charge on any atom is -0.425 e. The third-order valence-corrected chi connectivity index (χ3v) is 3.58. The van der Waals surface area contributed by atoms with Crippen LogP contribution in [0.25, 0.3) is 0 Å². The van der Waals surface area contributed by atoms with E-state index in [4.69, 9.17) is 16.3 Å². The molecule has 0 aliphatic carbocycles. The molecule has 0 atom stereocenters. The first-order valence-corrected chi connectivity index (χ1v) is 6.36. The molecule has 102 valence electrons. The van der Waals surface area contributed by atoms with Crippen molar-refractivity contribution in [2.75, 3.05) is 0 Å². The number of rotatable bonds is 6. The first-order valence-electron chi connectivity index (χ1n) is 5.98. The Morgan fingerprint density at radius 2 is 1.84 bits per heavy atom. The highest BCUT2D eigenvalue weighted by molar-refractivity contribution is 6.66. The van der Waals surface area contributed by atoms with E-state index in [9.17, 15) is 14.4 Å². The van der Waals surface area contributed by atoms with Crippen LogP contribution in [0.15, 0.2) is 24.3 Å². The molecule has 0 saturated carbocycles. The third kappa shape index (κ3) is 3.01. The smallest absolute Gasteiger partial charge is 0.326 e. The first-order chi connectivity index (χ1) is 9.01. The molecule has 0 radical (unpaired) electrons. The normalized spacial score (nSPS) is 10.9. The number of carbonyl (C=O) groups excluding carboxylic acids is 3. The van der Waals surface area contributed by atoms with Gasteiger partial charge in [0.25, 0.3) is 0 Å². The van der Waals surface area contributed by atoms with Crippen LogP contribution in [0.2, 0.25) is 0 Å². The molecular weight excluding hydrogens is 268 g/mol. The Kier molecular flexibility index (Phi) is 5.24. The Balaban J connectivity index is 3.07. The lowest BCUT2D eigenvalue weighted by atomic mass is 9.84. The van der Waals surface area contributed by atoms with E-state index in [1.807, 2.05) is 0 Å². The molecule has 1 aromatic rings. The van der Waals surface area contributed by atoms with E-state index < -0.39 is 16.6 Å². The van der Waals surface area contributed by atoms with Gasteiger partial charge in [0.05, 0.1) is 5.56 Å². The molecule has 0 bridgehead atoms. The van der Waals surface area contributed by atoms with Crippen LogP contribution in [-0.4, -0.2) is 17.5 Å². The highest BCUT2D eigenvalue weighted by atomic mass is 35.5. The van der Waals surface area contributed by atoms with Gasteiger partial charge in [0.2, 0.25) is 5.24 Å².